The third-order valence-electron chi connectivity index (χ3n) is 3.41. The van der Waals surface area contributed by atoms with Gasteiger partial charge in [-0.25, -0.2) is 4.68 Å². The van der Waals surface area contributed by atoms with Crippen LogP contribution in [-0.2, 0) is 19.7 Å². The fourth-order valence-corrected chi connectivity index (χ4v) is 2.27. The Labute approximate surface area is 144 Å². The van der Waals surface area contributed by atoms with Crippen LogP contribution in [0.5, 0.6) is 5.88 Å². The van der Waals surface area contributed by atoms with E-state index in [0.29, 0.717) is 19.7 Å². The predicted octanol–water partition coefficient (Wildman–Crippen LogP) is 3.87. The number of hydrogen-bond donors (Lipinski definition) is 1. The molecule has 2 aromatic rings. The molecule has 1 heterocycles. The SMILES string of the molecule is C=C/C=C\C=C(/C)Cn1nc(CNC)cc1OCc1ccccc1. The van der Waals surface area contributed by atoms with Gasteiger partial charge in [0.25, 0.3) is 0 Å². The third-order valence-corrected chi connectivity index (χ3v) is 3.41. The molecular formula is C20H25N3O. The van der Waals surface area contributed by atoms with Gasteiger partial charge in [0.1, 0.15) is 6.61 Å². The molecule has 0 aliphatic heterocycles. The molecule has 0 saturated carbocycles. The molecule has 1 N–H and O–H groups in total. The summed E-state index contributed by atoms with van der Waals surface area (Å²) in [6.07, 6.45) is 7.70. The second-order valence-electron chi connectivity index (χ2n) is 5.57. The van der Waals surface area contributed by atoms with E-state index in [4.69, 9.17) is 4.74 Å². The Balaban J connectivity index is 2.11. The van der Waals surface area contributed by atoms with Crippen molar-refractivity contribution in [2.24, 2.45) is 0 Å². The highest BCUT2D eigenvalue weighted by molar-refractivity contribution is 5.21. The topological polar surface area (TPSA) is 39.1 Å². The standard InChI is InChI=1S/C20H25N3O/c1-4-5-7-10-17(2)15-23-20(13-19(22-23)14-21-3)24-16-18-11-8-6-9-12-18/h4-13,21H,1,14-16H2,2-3H3/b7-5-,17-10+. The minimum absolute atomic E-state index is 0.532. The molecular weight excluding hydrogens is 298 g/mol. The van der Waals surface area contributed by atoms with Crippen molar-refractivity contribution < 1.29 is 4.74 Å². The molecule has 0 fully saturated rings. The van der Waals surface area contributed by atoms with Crippen molar-refractivity contribution in [3.63, 3.8) is 0 Å². The number of nitrogens with one attached hydrogen (secondary N) is 1. The van der Waals surface area contributed by atoms with Crippen LogP contribution in [0.25, 0.3) is 0 Å². The molecule has 0 spiro atoms. The second-order valence-corrected chi connectivity index (χ2v) is 5.57. The van der Waals surface area contributed by atoms with Crippen LogP contribution in [0, 0.1) is 0 Å². The summed E-state index contributed by atoms with van der Waals surface area (Å²) < 4.78 is 7.89. The first kappa shape index (κ1) is 17.8. The number of allylic oxidation sites excluding steroid dienone is 5. The Hall–Kier alpha value is -2.59. The molecule has 0 unspecified atom stereocenters. The summed E-state index contributed by atoms with van der Waals surface area (Å²) in [7, 11) is 1.91. The molecule has 0 radical (unpaired) electrons. The minimum atomic E-state index is 0.532. The van der Waals surface area contributed by atoms with Crippen LogP contribution in [0.1, 0.15) is 18.2 Å². The number of aromatic nitrogens is 2. The first-order chi connectivity index (χ1) is 11.7. The van der Waals surface area contributed by atoms with Gasteiger partial charge in [-0.05, 0) is 19.5 Å². The zero-order chi connectivity index (χ0) is 17.2. The normalized spacial score (nSPS) is 11.8. The van der Waals surface area contributed by atoms with E-state index in [-0.39, 0.29) is 0 Å². The van der Waals surface area contributed by atoms with Gasteiger partial charge in [-0.1, -0.05) is 66.8 Å². The zero-order valence-electron chi connectivity index (χ0n) is 14.4. The molecule has 0 atom stereocenters. The molecule has 1 aromatic heterocycles. The van der Waals surface area contributed by atoms with Crippen LogP contribution in [0.4, 0.5) is 0 Å². The Morgan fingerprint density at radius 1 is 1.29 bits per heavy atom. The van der Waals surface area contributed by atoms with Crippen LogP contribution in [-0.4, -0.2) is 16.8 Å². The summed E-state index contributed by atoms with van der Waals surface area (Å²) in [5.41, 5.74) is 3.30. The van der Waals surface area contributed by atoms with Crippen molar-refractivity contribution in [1.82, 2.24) is 15.1 Å². The molecule has 126 valence electrons. The smallest absolute Gasteiger partial charge is 0.212 e. The highest BCUT2D eigenvalue weighted by Crippen LogP contribution is 2.17. The van der Waals surface area contributed by atoms with Gasteiger partial charge in [0, 0.05) is 12.6 Å². The second kappa shape index (κ2) is 9.53. The van der Waals surface area contributed by atoms with E-state index in [2.05, 4.69) is 42.1 Å². The highest BCUT2D eigenvalue weighted by atomic mass is 16.5. The van der Waals surface area contributed by atoms with Crippen molar-refractivity contribution in [2.45, 2.75) is 26.6 Å². The van der Waals surface area contributed by atoms with E-state index in [0.717, 1.165) is 17.1 Å². The first-order valence-corrected chi connectivity index (χ1v) is 8.06. The lowest BCUT2D eigenvalue weighted by atomic mass is 10.2. The van der Waals surface area contributed by atoms with E-state index in [9.17, 15) is 0 Å². The number of benzene rings is 1. The van der Waals surface area contributed by atoms with Gasteiger partial charge in [-0.2, -0.15) is 5.10 Å². The Morgan fingerprint density at radius 3 is 2.79 bits per heavy atom. The zero-order valence-corrected chi connectivity index (χ0v) is 14.4. The summed E-state index contributed by atoms with van der Waals surface area (Å²) in [6.45, 7) is 7.69. The summed E-state index contributed by atoms with van der Waals surface area (Å²) in [6, 6.07) is 12.1. The van der Waals surface area contributed by atoms with Crippen molar-refractivity contribution in [3.8, 4) is 5.88 Å². The van der Waals surface area contributed by atoms with E-state index in [1.807, 2.05) is 48.1 Å². The van der Waals surface area contributed by atoms with Crippen molar-refractivity contribution in [1.29, 1.82) is 0 Å². The maximum absolute atomic E-state index is 5.99. The van der Waals surface area contributed by atoms with Gasteiger partial charge >= 0.3 is 0 Å². The lowest BCUT2D eigenvalue weighted by molar-refractivity contribution is 0.275. The minimum Gasteiger partial charge on any atom is -0.473 e. The maximum atomic E-state index is 5.99. The van der Waals surface area contributed by atoms with Crippen molar-refractivity contribution in [3.05, 3.63) is 84.1 Å². The lowest BCUT2D eigenvalue weighted by Crippen LogP contribution is -2.08. The molecule has 4 nitrogen and oxygen atoms in total. The predicted molar refractivity (Wildman–Crippen MR) is 98.9 cm³/mol. The molecule has 24 heavy (non-hydrogen) atoms. The van der Waals surface area contributed by atoms with Crippen LogP contribution >= 0.6 is 0 Å². The van der Waals surface area contributed by atoms with Crippen molar-refractivity contribution >= 4 is 0 Å². The number of nitrogens with zero attached hydrogens (tertiary/aromatic N) is 2. The summed E-state index contributed by atoms with van der Waals surface area (Å²) in [4.78, 5) is 0. The number of ether oxygens (including phenoxy) is 1. The van der Waals surface area contributed by atoms with Gasteiger partial charge < -0.3 is 10.1 Å². The van der Waals surface area contributed by atoms with E-state index < -0.39 is 0 Å². The Bertz CT molecular complexity index is 699. The quantitative estimate of drug-likeness (QED) is 0.712. The number of rotatable bonds is 9. The molecule has 1 aromatic carbocycles. The molecule has 2 rings (SSSR count). The maximum Gasteiger partial charge on any atom is 0.212 e. The molecule has 0 bridgehead atoms. The van der Waals surface area contributed by atoms with Gasteiger partial charge in [0.05, 0.1) is 12.2 Å². The highest BCUT2D eigenvalue weighted by Gasteiger charge is 2.09. The van der Waals surface area contributed by atoms with E-state index in [1.54, 1.807) is 6.08 Å². The molecule has 0 saturated heterocycles. The molecule has 0 amide bonds. The first-order valence-electron chi connectivity index (χ1n) is 8.06. The summed E-state index contributed by atoms with van der Waals surface area (Å²) >= 11 is 0. The van der Waals surface area contributed by atoms with Crippen molar-refractivity contribution in [2.75, 3.05) is 7.05 Å². The largest absolute Gasteiger partial charge is 0.473 e. The fourth-order valence-electron chi connectivity index (χ4n) is 2.27. The average Bonchev–Trinajstić information content (AvgIpc) is 2.96. The molecule has 4 heteroatoms. The summed E-state index contributed by atoms with van der Waals surface area (Å²) in [5, 5.41) is 7.75. The molecule has 0 aliphatic carbocycles. The van der Waals surface area contributed by atoms with E-state index in [1.165, 1.54) is 5.57 Å². The van der Waals surface area contributed by atoms with Crippen LogP contribution in [0.15, 0.2) is 72.9 Å². The number of hydrogen-bond acceptors (Lipinski definition) is 3. The summed E-state index contributed by atoms with van der Waals surface area (Å²) in [5.74, 6) is 0.782. The van der Waals surface area contributed by atoms with Crippen LogP contribution in [0.2, 0.25) is 0 Å². The van der Waals surface area contributed by atoms with Gasteiger partial charge in [-0.3, -0.25) is 0 Å². The Kier molecular flexibility index (Phi) is 7.05. The van der Waals surface area contributed by atoms with Gasteiger partial charge in [0.15, 0.2) is 0 Å². The fraction of sp³-hybridized carbons (Fsp3) is 0.250. The Morgan fingerprint density at radius 2 is 2.08 bits per heavy atom. The lowest BCUT2D eigenvalue weighted by Gasteiger charge is -2.09. The van der Waals surface area contributed by atoms with Gasteiger partial charge in [-0.15, -0.1) is 0 Å². The van der Waals surface area contributed by atoms with Gasteiger partial charge in [0.2, 0.25) is 5.88 Å². The van der Waals surface area contributed by atoms with Crippen LogP contribution in [0.3, 0.4) is 0 Å². The third kappa shape index (κ3) is 5.56. The average molecular weight is 323 g/mol. The van der Waals surface area contributed by atoms with Crippen LogP contribution < -0.4 is 10.1 Å². The van der Waals surface area contributed by atoms with E-state index >= 15 is 0 Å². The molecule has 0 aliphatic rings. The monoisotopic (exact) mass is 323 g/mol.